The van der Waals surface area contributed by atoms with Crippen LogP contribution in [0.1, 0.15) is 40.3 Å². The molecule has 0 radical (unpaired) electrons. The van der Waals surface area contributed by atoms with Gasteiger partial charge in [0.25, 0.3) is 5.91 Å². The molecule has 0 atom stereocenters. The number of carboxylic acid groups (broad SMARTS) is 1. The van der Waals surface area contributed by atoms with E-state index in [1.807, 2.05) is 0 Å². The fraction of sp³-hybridized carbons (Fsp3) is 0.364. The Balaban J connectivity index is 3.12. The van der Waals surface area contributed by atoms with Crippen molar-refractivity contribution in [2.75, 3.05) is 0 Å². The molecule has 1 aromatic rings. The predicted molar refractivity (Wildman–Crippen MR) is 58.5 cm³/mol. The zero-order valence-electron chi connectivity index (χ0n) is 9.44. The van der Waals surface area contributed by atoms with Gasteiger partial charge < -0.3 is 10.4 Å². The van der Waals surface area contributed by atoms with E-state index in [2.05, 4.69) is 10.3 Å². The van der Waals surface area contributed by atoms with Crippen LogP contribution < -0.4 is 5.32 Å². The minimum Gasteiger partial charge on any atom is -0.478 e. The van der Waals surface area contributed by atoms with E-state index in [1.54, 1.807) is 20.8 Å². The van der Waals surface area contributed by atoms with Gasteiger partial charge in [0, 0.05) is 12.2 Å². The summed E-state index contributed by atoms with van der Waals surface area (Å²) in [5.74, 6) is -1.61. The average molecular weight is 222 g/mol. The molecule has 1 amide bonds. The lowest BCUT2D eigenvalue weighted by molar-refractivity contribution is 0.0689. The van der Waals surface area contributed by atoms with Crippen LogP contribution >= 0.6 is 0 Å². The Morgan fingerprint density at radius 1 is 1.44 bits per heavy atom. The number of carboxylic acids is 1. The van der Waals surface area contributed by atoms with Crippen molar-refractivity contribution in [2.45, 2.75) is 26.8 Å². The number of hydrogen-bond acceptors (Lipinski definition) is 3. The standard InChI is InChI=1S/C11H14N2O3/c1-6(2)13-10(14)9-8(11(15)16)4-7(3)5-12-9/h4-6H,1-3H3,(H,13,14)(H,15,16). The molecule has 0 aliphatic carbocycles. The Kier molecular flexibility index (Phi) is 3.60. The highest BCUT2D eigenvalue weighted by atomic mass is 16.4. The summed E-state index contributed by atoms with van der Waals surface area (Å²) >= 11 is 0. The zero-order chi connectivity index (χ0) is 12.3. The van der Waals surface area contributed by atoms with E-state index < -0.39 is 11.9 Å². The average Bonchev–Trinajstić information content (AvgIpc) is 2.16. The normalized spacial score (nSPS) is 10.2. The Bertz CT molecular complexity index is 427. The summed E-state index contributed by atoms with van der Waals surface area (Å²) in [6.45, 7) is 5.32. The smallest absolute Gasteiger partial charge is 0.338 e. The van der Waals surface area contributed by atoms with Gasteiger partial charge in [-0.1, -0.05) is 0 Å². The third-order valence-electron chi connectivity index (χ3n) is 1.89. The van der Waals surface area contributed by atoms with Crippen LogP contribution in [0.4, 0.5) is 0 Å². The van der Waals surface area contributed by atoms with E-state index in [9.17, 15) is 9.59 Å². The predicted octanol–water partition coefficient (Wildman–Crippen LogP) is 1.23. The van der Waals surface area contributed by atoms with Gasteiger partial charge in [-0.05, 0) is 32.4 Å². The number of aromatic carboxylic acids is 1. The molecule has 5 nitrogen and oxygen atoms in total. The molecule has 0 saturated heterocycles. The molecule has 86 valence electrons. The van der Waals surface area contributed by atoms with E-state index in [0.717, 1.165) is 0 Å². The summed E-state index contributed by atoms with van der Waals surface area (Å²) in [4.78, 5) is 26.5. The number of aromatic nitrogens is 1. The van der Waals surface area contributed by atoms with Gasteiger partial charge in [0.05, 0.1) is 5.56 Å². The van der Waals surface area contributed by atoms with Crippen LogP contribution in [-0.2, 0) is 0 Å². The SMILES string of the molecule is Cc1cnc(C(=O)NC(C)C)c(C(=O)O)c1. The van der Waals surface area contributed by atoms with Crippen molar-refractivity contribution in [1.29, 1.82) is 0 Å². The summed E-state index contributed by atoms with van der Waals surface area (Å²) in [5.41, 5.74) is 0.587. The second kappa shape index (κ2) is 4.74. The summed E-state index contributed by atoms with van der Waals surface area (Å²) in [7, 11) is 0. The third kappa shape index (κ3) is 2.79. The van der Waals surface area contributed by atoms with E-state index in [0.29, 0.717) is 5.56 Å². The molecule has 0 saturated carbocycles. The van der Waals surface area contributed by atoms with Gasteiger partial charge in [-0.15, -0.1) is 0 Å². The molecule has 0 aromatic carbocycles. The lowest BCUT2D eigenvalue weighted by atomic mass is 10.1. The second-order valence-corrected chi connectivity index (χ2v) is 3.84. The van der Waals surface area contributed by atoms with Crippen molar-refractivity contribution in [3.63, 3.8) is 0 Å². The number of aryl methyl sites for hydroxylation is 1. The van der Waals surface area contributed by atoms with Crippen molar-refractivity contribution < 1.29 is 14.7 Å². The highest BCUT2D eigenvalue weighted by molar-refractivity contribution is 6.03. The van der Waals surface area contributed by atoms with Gasteiger partial charge in [-0.25, -0.2) is 9.78 Å². The van der Waals surface area contributed by atoms with Crippen LogP contribution in [0, 0.1) is 6.92 Å². The van der Waals surface area contributed by atoms with Gasteiger partial charge in [0.1, 0.15) is 5.69 Å². The number of hydrogen-bond donors (Lipinski definition) is 2. The van der Waals surface area contributed by atoms with Gasteiger partial charge in [0.2, 0.25) is 0 Å². The molecule has 1 heterocycles. The fourth-order valence-electron chi connectivity index (χ4n) is 1.24. The molecular weight excluding hydrogens is 208 g/mol. The molecule has 0 bridgehead atoms. The van der Waals surface area contributed by atoms with Gasteiger partial charge in [-0.2, -0.15) is 0 Å². The number of pyridine rings is 1. The van der Waals surface area contributed by atoms with Crippen LogP contribution in [0.15, 0.2) is 12.3 Å². The summed E-state index contributed by atoms with van der Waals surface area (Å²) < 4.78 is 0. The molecule has 2 N–H and O–H groups in total. The number of nitrogens with zero attached hydrogens (tertiary/aromatic N) is 1. The minimum atomic E-state index is -1.15. The lowest BCUT2D eigenvalue weighted by Crippen LogP contribution is -2.32. The van der Waals surface area contributed by atoms with Crippen molar-refractivity contribution in [2.24, 2.45) is 0 Å². The van der Waals surface area contributed by atoms with E-state index in [4.69, 9.17) is 5.11 Å². The van der Waals surface area contributed by atoms with Crippen LogP contribution in [0.5, 0.6) is 0 Å². The number of amides is 1. The van der Waals surface area contributed by atoms with Crippen LogP contribution in [0.2, 0.25) is 0 Å². The highest BCUT2D eigenvalue weighted by Gasteiger charge is 2.18. The van der Waals surface area contributed by atoms with E-state index in [-0.39, 0.29) is 17.3 Å². The molecule has 0 unspecified atom stereocenters. The number of rotatable bonds is 3. The Hall–Kier alpha value is -1.91. The fourth-order valence-corrected chi connectivity index (χ4v) is 1.24. The molecule has 0 aliphatic rings. The first-order valence-electron chi connectivity index (χ1n) is 4.92. The molecule has 1 rings (SSSR count). The molecule has 16 heavy (non-hydrogen) atoms. The Labute approximate surface area is 93.5 Å². The largest absolute Gasteiger partial charge is 0.478 e. The molecule has 0 fully saturated rings. The second-order valence-electron chi connectivity index (χ2n) is 3.84. The van der Waals surface area contributed by atoms with Crippen molar-refractivity contribution in [3.8, 4) is 0 Å². The zero-order valence-corrected chi connectivity index (χ0v) is 9.44. The molecule has 5 heteroatoms. The molecular formula is C11H14N2O3. The molecule has 0 aliphatic heterocycles. The van der Waals surface area contributed by atoms with Gasteiger partial charge >= 0.3 is 5.97 Å². The van der Waals surface area contributed by atoms with E-state index in [1.165, 1.54) is 12.3 Å². The number of carbonyl (C=O) groups excluding carboxylic acids is 1. The number of nitrogens with one attached hydrogen (secondary N) is 1. The lowest BCUT2D eigenvalue weighted by Gasteiger charge is -2.09. The topological polar surface area (TPSA) is 79.3 Å². The number of carbonyl (C=O) groups is 2. The first-order valence-corrected chi connectivity index (χ1v) is 4.92. The summed E-state index contributed by atoms with van der Waals surface area (Å²) in [6.07, 6.45) is 1.47. The summed E-state index contributed by atoms with van der Waals surface area (Å²) in [6, 6.07) is 1.38. The quantitative estimate of drug-likeness (QED) is 0.806. The van der Waals surface area contributed by atoms with Crippen LogP contribution in [-0.4, -0.2) is 28.0 Å². The maximum atomic E-state index is 11.7. The van der Waals surface area contributed by atoms with Gasteiger partial charge in [0.15, 0.2) is 0 Å². The Morgan fingerprint density at radius 3 is 2.56 bits per heavy atom. The highest BCUT2D eigenvalue weighted by Crippen LogP contribution is 2.08. The van der Waals surface area contributed by atoms with Crippen LogP contribution in [0.3, 0.4) is 0 Å². The van der Waals surface area contributed by atoms with Crippen molar-refractivity contribution >= 4 is 11.9 Å². The first-order chi connectivity index (χ1) is 7.41. The van der Waals surface area contributed by atoms with Crippen LogP contribution in [0.25, 0.3) is 0 Å². The molecule has 0 spiro atoms. The Morgan fingerprint density at radius 2 is 2.06 bits per heavy atom. The molecule has 1 aromatic heterocycles. The third-order valence-corrected chi connectivity index (χ3v) is 1.89. The van der Waals surface area contributed by atoms with E-state index >= 15 is 0 Å². The maximum Gasteiger partial charge on any atom is 0.338 e. The first kappa shape index (κ1) is 12.2. The van der Waals surface area contributed by atoms with Gasteiger partial charge in [-0.3, -0.25) is 4.79 Å². The minimum absolute atomic E-state index is 0.0493. The monoisotopic (exact) mass is 222 g/mol. The maximum absolute atomic E-state index is 11.7. The van der Waals surface area contributed by atoms with Crippen molar-refractivity contribution in [3.05, 3.63) is 29.1 Å². The summed E-state index contributed by atoms with van der Waals surface area (Å²) in [5, 5.41) is 11.6. The van der Waals surface area contributed by atoms with Crippen molar-refractivity contribution in [1.82, 2.24) is 10.3 Å².